The Kier molecular flexibility index (Phi) is 4.83. The average Bonchev–Trinajstić information content (AvgIpc) is 2.98. The maximum absolute atomic E-state index is 11.8. The van der Waals surface area contributed by atoms with Crippen LogP contribution in [-0.4, -0.2) is 17.5 Å². The molecule has 23 heavy (non-hydrogen) atoms. The third-order valence-electron chi connectivity index (χ3n) is 3.47. The number of benzene rings is 2. The molecule has 1 heterocycles. The van der Waals surface area contributed by atoms with Gasteiger partial charge in [-0.3, -0.25) is 4.79 Å². The van der Waals surface area contributed by atoms with Crippen molar-refractivity contribution in [3.63, 3.8) is 0 Å². The van der Waals surface area contributed by atoms with Crippen LogP contribution >= 0.6 is 11.6 Å². The Morgan fingerprint density at radius 3 is 2.70 bits per heavy atom. The molecular formula is C18H17ClN2O2. The minimum absolute atomic E-state index is 0.0439. The second kappa shape index (κ2) is 7.20. The highest BCUT2D eigenvalue weighted by Gasteiger charge is 2.04. The number of amides is 1. The van der Waals surface area contributed by atoms with E-state index in [4.69, 9.17) is 16.3 Å². The van der Waals surface area contributed by atoms with E-state index in [0.29, 0.717) is 30.3 Å². The molecule has 0 bridgehead atoms. The number of hydrogen-bond acceptors (Lipinski definition) is 2. The van der Waals surface area contributed by atoms with Gasteiger partial charge in [0.15, 0.2) is 0 Å². The SMILES string of the molecule is O=C(CCOc1ccc(Cl)cc1)NCc1cc2ccccc2[nH]1. The Bertz CT molecular complexity index is 763. The fourth-order valence-corrected chi connectivity index (χ4v) is 2.43. The maximum atomic E-state index is 11.8. The predicted octanol–water partition coefficient (Wildman–Crippen LogP) is 3.91. The molecule has 0 fully saturated rings. The average molecular weight is 329 g/mol. The Balaban J connectivity index is 1.43. The van der Waals surface area contributed by atoms with Crippen LogP contribution in [0.25, 0.3) is 10.9 Å². The monoisotopic (exact) mass is 328 g/mol. The van der Waals surface area contributed by atoms with Crippen LogP contribution in [0.2, 0.25) is 5.02 Å². The van der Waals surface area contributed by atoms with Crippen molar-refractivity contribution in [3.8, 4) is 5.75 Å². The summed E-state index contributed by atoms with van der Waals surface area (Å²) >= 11 is 5.80. The lowest BCUT2D eigenvalue weighted by molar-refractivity contribution is -0.121. The van der Waals surface area contributed by atoms with Crippen LogP contribution in [0.3, 0.4) is 0 Å². The highest BCUT2D eigenvalue weighted by atomic mass is 35.5. The zero-order chi connectivity index (χ0) is 16.1. The summed E-state index contributed by atoms with van der Waals surface area (Å²) in [5, 5.41) is 4.69. The molecule has 118 valence electrons. The van der Waals surface area contributed by atoms with Gasteiger partial charge in [0.25, 0.3) is 0 Å². The van der Waals surface area contributed by atoms with Crippen molar-refractivity contribution in [1.29, 1.82) is 0 Å². The minimum atomic E-state index is -0.0439. The third-order valence-corrected chi connectivity index (χ3v) is 3.73. The quantitative estimate of drug-likeness (QED) is 0.721. The van der Waals surface area contributed by atoms with E-state index in [1.165, 1.54) is 0 Å². The van der Waals surface area contributed by atoms with E-state index >= 15 is 0 Å². The van der Waals surface area contributed by atoms with E-state index in [1.54, 1.807) is 24.3 Å². The highest BCUT2D eigenvalue weighted by Crippen LogP contribution is 2.16. The van der Waals surface area contributed by atoms with Gasteiger partial charge in [-0.05, 0) is 41.8 Å². The van der Waals surface area contributed by atoms with Crippen LogP contribution in [0.15, 0.2) is 54.6 Å². The fourth-order valence-electron chi connectivity index (χ4n) is 2.30. The van der Waals surface area contributed by atoms with Crippen molar-refractivity contribution < 1.29 is 9.53 Å². The van der Waals surface area contributed by atoms with Crippen LogP contribution in [0.5, 0.6) is 5.75 Å². The lowest BCUT2D eigenvalue weighted by Gasteiger charge is -2.07. The van der Waals surface area contributed by atoms with Gasteiger partial charge in [-0.25, -0.2) is 0 Å². The maximum Gasteiger partial charge on any atom is 0.223 e. The number of nitrogens with one attached hydrogen (secondary N) is 2. The van der Waals surface area contributed by atoms with Gasteiger partial charge < -0.3 is 15.0 Å². The van der Waals surface area contributed by atoms with E-state index in [0.717, 1.165) is 16.6 Å². The number of rotatable bonds is 6. The van der Waals surface area contributed by atoms with Crippen molar-refractivity contribution in [1.82, 2.24) is 10.3 Å². The highest BCUT2D eigenvalue weighted by molar-refractivity contribution is 6.30. The van der Waals surface area contributed by atoms with Crippen molar-refractivity contribution >= 4 is 28.4 Å². The van der Waals surface area contributed by atoms with Crippen molar-refractivity contribution in [2.75, 3.05) is 6.61 Å². The summed E-state index contributed by atoms with van der Waals surface area (Å²) in [6.07, 6.45) is 0.308. The van der Waals surface area contributed by atoms with Crippen LogP contribution in [-0.2, 0) is 11.3 Å². The summed E-state index contributed by atoms with van der Waals surface area (Å²) in [6, 6.07) is 17.1. The number of hydrogen-bond donors (Lipinski definition) is 2. The molecule has 0 aliphatic heterocycles. The molecule has 2 N–H and O–H groups in total. The second-order valence-corrected chi connectivity index (χ2v) is 5.65. The number of halogens is 1. The smallest absolute Gasteiger partial charge is 0.223 e. The van der Waals surface area contributed by atoms with Crippen LogP contribution < -0.4 is 10.1 Å². The van der Waals surface area contributed by atoms with E-state index in [-0.39, 0.29) is 5.91 Å². The molecule has 0 unspecified atom stereocenters. The summed E-state index contributed by atoms with van der Waals surface area (Å²) < 4.78 is 5.50. The number of ether oxygens (including phenoxy) is 1. The summed E-state index contributed by atoms with van der Waals surface area (Å²) in [4.78, 5) is 15.1. The van der Waals surface area contributed by atoms with Crippen molar-refractivity contribution in [3.05, 3.63) is 65.3 Å². The van der Waals surface area contributed by atoms with E-state index in [1.807, 2.05) is 30.3 Å². The van der Waals surface area contributed by atoms with E-state index in [2.05, 4.69) is 10.3 Å². The summed E-state index contributed by atoms with van der Waals surface area (Å²) in [5.41, 5.74) is 2.06. The Hall–Kier alpha value is -2.46. The largest absolute Gasteiger partial charge is 0.493 e. The number of carbonyl (C=O) groups is 1. The first kappa shape index (κ1) is 15.4. The molecule has 0 radical (unpaired) electrons. The molecule has 3 rings (SSSR count). The summed E-state index contributed by atoms with van der Waals surface area (Å²) in [6.45, 7) is 0.814. The van der Waals surface area contributed by atoms with E-state index in [9.17, 15) is 4.79 Å². The number of H-pyrrole nitrogens is 1. The van der Waals surface area contributed by atoms with Gasteiger partial charge in [0.2, 0.25) is 5.91 Å². The first-order valence-corrected chi connectivity index (χ1v) is 7.80. The van der Waals surface area contributed by atoms with E-state index < -0.39 is 0 Å². The number of aromatic amines is 1. The van der Waals surface area contributed by atoms with Gasteiger partial charge in [-0.15, -0.1) is 0 Å². The number of fused-ring (bicyclic) bond motifs is 1. The molecule has 0 saturated heterocycles. The Labute approximate surface area is 139 Å². The van der Waals surface area contributed by atoms with Gasteiger partial charge in [0.05, 0.1) is 19.6 Å². The summed E-state index contributed by atoms with van der Waals surface area (Å²) in [5.74, 6) is 0.662. The molecule has 1 aromatic heterocycles. The number of aromatic nitrogens is 1. The van der Waals surface area contributed by atoms with Crippen LogP contribution in [0, 0.1) is 0 Å². The van der Waals surface area contributed by atoms with Gasteiger partial charge in [-0.2, -0.15) is 0 Å². The van der Waals surface area contributed by atoms with Crippen LogP contribution in [0.1, 0.15) is 12.1 Å². The lowest BCUT2D eigenvalue weighted by atomic mass is 10.2. The zero-order valence-electron chi connectivity index (χ0n) is 12.5. The molecule has 2 aromatic carbocycles. The molecule has 0 aliphatic rings. The Morgan fingerprint density at radius 1 is 1.13 bits per heavy atom. The Morgan fingerprint density at radius 2 is 1.91 bits per heavy atom. The zero-order valence-corrected chi connectivity index (χ0v) is 13.3. The topological polar surface area (TPSA) is 54.1 Å². The molecule has 0 saturated carbocycles. The van der Waals surface area contributed by atoms with Gasteiger partial charge >= 0.3 is 0 Å². The first-order valence-electron chi connectivity index (χ1n) is 7.42. The second-order valence-electron chi connectivity index (χ2n) is 5.21. The third kappa shape index (κ3) is 4.27. The molecular weight excluding hydrogens is 312 g/mol. The molecule has 0 aliphatic carbocycles. The normalized spacial score (nSPS) is 10.7. The fraction of sp³-hybridized carbons (Fsp3) is 0.167. The standard InChI is InChI=1S/C18H17ClN2O2/c19-14-5-7-16(8-6-14)23-10-9-18(22)20-12-15-11-13-3-1-2-4-17(13)21-15/h1-8,11,21H,9-10,12H2,(H,20,22). The van der Waals surface area contributed by atoms with Crippen molar-refractivity contribution in [2.24, 2.45) is 0 Å². The molecule has 5 heteroatoms. The molecule has 4 nitrogen and oxygen atoms in total. The predicted molar refractivity (Wildman–Crippen MR) is 91.7 cm³/mol. The van der Waals surface area contributed by atoms with Crippen LogP contribution in [0.4, 0.5) is 0 Å². The number of para-hydroxylation sites is 1. The lowest BCUT2D eigenvalue weighted by Crippen LogP contribution is -2.24. The molecule has 0 atom stereocenters. The van der Waals surface area contributed by atoms with Gasteiger partial charge in [0, 0.05) is 16.2 Å². The number of carbonyl (C=O) groups excluding carboxylic acids is 1. The molecule has 0 spiro atoms. The first-order chi connectivity index (χ1) is 11.2. The van der Waals surface area contributed by atoms with Crippen molar-refractivity contribution in [2.45, 2.75) is 13.0 Å². The van der Waals surface area contributed by atoms with Gasteiger partial charge in [-0.1, -0.05) is 29.8 Å². The van der Waals surface area contributed by atoms with Gasteiger partial charge in [0.1, 0.15) is 5.75 Å². The molecule has 3 aromatic rings. The minimum Gasteiger partial charge on any atom is -0.493 e. The summed E-state index contributed by atoms with van der Waals surface area (Å²) in [7, 11) is 0. The molecule has 1 amide bonds.